The van der Waals surface area contributed by atoms with Gasteiger partial charge in [0, 0.05) is 0 Å². The minimum atomic E-state index is -1.19. The lowest BCUT2D eigenvalue weighted by atomic mass is 9.86. The smallest absolute Gasteiger partial charge is 0.410 e. The molecule has 1 aromatic rings. The maximum atomic E-state index is 11.7. The van der Waals surface area contributed by atoms with Gasteiger partial charge in [0.25, 0.3) is 0 Å². The standard InChI is InChI=1S/C13H17NO4/c1-10-13(17,9-15)8-14(10)12(16)18-7-11-5-3-2-4-6-11/h2-6,10,15,17H,7-9H2,1H3/t10-,13?/m1/s1. The summed E-state index contributed by atoms with van der Waals surface area (Å²) in [5.74, 6) is 0. The van der Waals surface area contributed by atoms with E-state index in [9.17, 15) is 9.90 Å². The molecular weight excluding hydrogens is 234 g/mol. The topological polar surface area (TPSA) is 70.0 Å². The van der Waals surface area contributed by atoms with Gasteiger partial charge in [0.15, 0.2) is 0 Å². The molecule has 98 valence electrons. The Morgan fingerprint density at radius 2 is 2.17 bits per heavy atom. The molecule has 1 unspecified atom stereocenters. The SMILES string of the molecule is C[C@H]1N(C(=O)OCc2ccccc2)CC1(O)CO. The highest BCUT2D eigenvalue weighted by Gasteiger charge is 2.51. The summed E-state index contributed by atoms with van der Waals surface area (Å²) in [5.41, 5.74) is -0.275. The monoisotopic (exact) mass is 251 g/mol. The molecule has 18 heavy (non-hydrogen) atoms. The summed E-state index contributed by atoms with van der Waals surface area (Å²) in [6, 6.07) is 8.96. The summed E-state index contributed by atoms with van der Waals surface area (Å²) in [7, 11) is 0. The Hall–Kier alpha value is -1.59. The lowest BCUT2D eigenvalue weighted by Crippen LogP contribution is -2.71. The molecule has 1 aromatic carbocycles. The number of aliphatic hydroxyl groups is 2. The van der Waals surface area contributed by atoms with E-state index in [-0.39, 0.29) is 19.8 Å². The van der Waals surface area contributed by atoms with E-state index >= 15 is 0 Å². The van der Waals surface area contributed by atoms with Crippen molar-refractivity contribution in [2.45, 2.75) is 25.2 Å². The average Bonchev–Trinajstić information content (AvgIpc) is 2.42. The number of amides is 1. The van der Waals surface area contributed by atoms with Crippen molar-refractivity contribution < 1.29 is 19.7 Å². The van der Waals surface area contributed by atoms with E-state index in [1.54, 1.807) is 6.92 Å². The maximum absolute atomic E-state index is 11.7. The first kappa shape index (κ1) is 12.9. The molecule has 0 spiro atoms. The molecule has 1 aliphatic heterocycles. The van der Waals surface area contributed by atoms with E-state index < -0.39 is 17.7 Å². The third-order valence-corrected chi connectivity index (χ3v) is 3.40. The van der Waals surface area contributed by atoms with Crippen molar-refractivity contribution in [2.24, 2.45) is 0 Å². The highest BCUT2D eigenvalue weighted by atomic mass is 16.6. The van der Waals surface area contributed by atoms with Gasteiger partial charge in [-0.05, 0) is 12.5 Å². The van der Waals surface area contributed by atoms with Crippen molar-refractivity contribution in [3.8, 4) is 0 Å². The highest BCUT2D eigenvalue weighted by molar-refractivity contribution is 5.70. The molecule has 1 amide bonds. The summed E-state index contributed by atoms with van der Waals surface area (Å²) in [4.78, 5) is 13.1. The van der Waals surface area contributed by atoms with Gasteiger partial charge in [-0.15, -0.1) is 0 Å². The largest absolute Gasteiger partial charge is 0.445 e. The van der Waals surface area contributed by atoms with Crippen LogP contribution in [0.3, 0.4) is 0 Å². The van der Waals surface area contributed by atoms with Crippen molar-refractivity contribution in [1.29, 1.82) is 0 Å². The zero-order valence-corrected chi connectivity index (χ0v) is 10.2. The predicted molar refractivity (Wildman–Crippen MR) is 64.8 cm³/mol. The minimum absolute atomic E-state index is 0.109. The third kappa shape index (κ3) is 2.32. The molecule has 0 aromatic heterocycles. The fraction of sp³-hybridized carbons (Fsp3) is 0.462. The van der Waals surface area contributed by atoms with E-state index in [0.29, 0.717) is 0 Å². The number of rotatable bonds is 3. The molecule has 1 saturated heterocycles. The van der Waals surface area contributed by atoms with Crippen LogP contribution in [0.15, 0.2) is 30.3 Å². The van der Waals surface area contributed by atoms with Crippen molar-refractivity contribution >= 4 is 6.09 Å². The molecule has 0 aliphatic carbocycles. The summed E-state index contributed by atoms with van der Waals surface area (Å²) in [6.45, 7) is 1.65. The fourth-order valence-corrected chi connectivity index (χ4v) is 1.95. The third-order valence-electron chi connectivity index (χ3n) is 3.40. The Bertz CT molecular complexity index is 422. The Labute approximate surface area is 106 Å². The molecule has 0 bridgehead atoms. The number of hydrogen-bond donors (Lipinski definition) is 2. The number of ether oxygens (including phenoxy) is 1. The van der Waals surface area contributed by atoms with Gasteiger partial charge in [-0.25, -0.2) is 4.79 Å². The van der Waals surface area contributed by atoms with Gasteiger partial charge >= 0.3 is 6.09 Å². The number of carbonyl (C=O) groups is 1. The van der Waals surface area contributed by atoms with Gasteiger partial charge < -0.3 is 14.9 Å². The molecule has 0 radical (unpaired) electrons. The number of hydrogen-bond acceptors (Lipinski definition) is 4. The summed E-state index contributed by atoms with van der Waals surface area (Å²) >= 11 is 0. The second-order valence-corrected chi connectivity index (χ2v) is 4.61. The minimum Gasteiger partial charge on any atom is -0.445 e. The molecule has 5 nitrogen and oxygen atoms in total. The van der Waals surface area contributed by atoms with Crippen LogP contribution >= 0.6 is 0 Å². The van der Waals surface area contributed by atoms with E-state index in [1.807, 2.05) is 30.3 Å². The zero-order chi connectivity index (χ0) is 13.2. The number of nitrogens with zero attached hydrogens (tertiary/aromatic N) is 1. The Morgan fingerprint density at radius 1 is 1.50 bits per heavy atom. The van der Waals surface area contributed by atoms with Gasteiger partial charge in [-0.3, -0.25) is 4.90 Å². The average molecular weight is 251 g/mol. The van der Waals surface area contributed by atoms with Crippen LogP contribution in [0.4, 0.5) is 4.79 Å². The van der Waals surface area contributed by atoms with E-state index in [0.717, 1.165) is 5.56 Å². The first-order valence-electron chi connectivity index (χ1n) is 5.87. The number of benzene rings is 1. The molecule has 2 rings (SSSR count). The molecule has 2 atom stereocenters. The number of β-amino-alcohol motifs (C(OH)–C–C–N with tert-alkyl or cyclic N) is 1. The second kappa shape index (κ2) is 4.96. The van der Waals surface area contributed by atoms with Crippen LogP contribution in [0.25, 0.3) is 0 Å². The number of carbonyl (C=O) groups excluding carboxylic acids is 1. The summed E-state index contributed by atoms with van der Waals surface area (Å²) in [6.07, 6.45) is -0.468. The molecule has 1 aliphatic rings. The Kier molecular flexibility index (Phi) is 3.54. The van der Waals surface area contributed by atoms with Crippen molar-refractivity contribution in [1.82, 2.24) is 4.90 Å². The lowest BCUT2D eigenvalue weighted by molar-refractivity contribution is -0.155. The molecule has 1 heterocycles. The molecular formula is C13H17NO4. The molecule has 2 N–H and O–H groups in total. The van der Waals surface area contributed by atoms with Crippen LogP contribution in [0.1, 0.15) is 12.5 Å². The van der Waals surface area contributed by atoms with E-state index in [2.05, 4.69) is 0 Å². The predicted octanol–water partition coefficient (Wildman–Crippen LogP) is 0.751. The van der Waals surface area contributed by atoms with Crippen LogP contribution < -0.4 is 0 Å². The molecule has 1 fully saturated rings. The van der Waals surface area contributed by atoms with Crippen LogP contribution in [-0.2, 0) is 11.3 Å². The second-order valence-electron chi connectivity index (χ2n) is 4.61. The quantitative estimate of drug-likeness (QED) is 0.831. The normalized spacial score (nSPS) is 26.6. The lowest BCUT2D eigenvalue weighted by Gasteiger charge is -2.50. The van der Waals surface area contributed by atoms with Crippen LogP contribution in [0, 0.1) is 0 Å². The first-order valence-corrected chi connectivity index (χ1v) is 5.87. The van der Waals surface area contributed by atoms with Crippen molar-refractivity contribution in [2.75, 3.05) is 13.2 Å². The molecule has 0 saturated carbocycles. The van der Waals surface area contributed by atoms with Crippen molar-refractivity contribution in [3.63, 3.8) is 0 Å². The Morgan fingerprint density at radius 3 is 2.72 bits per heavy atom. The number of aliphatic hydroxyl groups excluding tert-OH is 1. The van der Waals surface area contributed by atoms with Crippen LogP contribution in [0.5, 0.6) is 0 Å². The molecule has 5 heteroatoms. The summed E-state index contributed by atoms with van der Waals surface area (Å²) in [5, 5.41) is 18.8. The maximum Gasteiger partial charge on any atom is 0.410 e. The number of likely N-dealkylation sites (tertiary alicyclic amines) is 1. The van der Waals surface area contributed by atoms with Gasteiger partial charge in [-0.2, -0.15) is 0 Å². The van der Waals surface area contributed by atoms with Gasteiger partial charge in [0.05, 0.1) is 19.2 Å². The first-order chi connectivity index (χ1) is 8.57. The van der Waals surface area contributed by atoms with Gasteiger partial charge in [0.2, 0.25) is 0 Å². The van der Waals surface area contributed by atoms with Crippen molar-refractivity contribution in [3.05, 3.63) is 35.9 Å². The van der Waals surface area contributed by atoms with Crippen LogP contribution in [-0.4, -0.2) is 46.0 Å². The van der Waals surface area contributed by atoms with E-state index in [1.165, 1.54) is 4.90 Å². The summed E-state index contributed by atoms with van der Waals surface area (Å²) < 4.78 is 5.13. The van der Waals surface area contributed by atoms with Gasteiger partial charge in [0.1, 0.15) is 12.2 Å². The zero-order valence-electron chi connectivity index (χ0n) is 10.2. The van der Waals surface area contributed by atoms with Gasteiger partial charge in [-0.1, -0.05) is 30.3 Å². The Balaban J connectivity index is 1.84. The van der Waals surface area contributed by atoms with Crippen LogP contribution in [0.2, 0.25) is 0 Å². The highest BCUT2D eigenvalue weighted by Crippen LogP contribution is 2.29. The van der Waals surface area contributed by atoms with E-state index in [4.69, 9.17) is 9.84 Å². The fourth-order valence-electron chi connectivity index (χ4n) is 1.95.